The maximum Gasteiger partial charge on any atom is 0.0221 e. The van der Waals surface area contributed by atoms with Crippen molar-refractivity contribution in [3.63, 3.8) is 0 Å². The van der Waals surface area contributed by atoms with Crippen LogP contribution in [-0.2, 0) is 0 Å². The lowest BCUT2D eigenvalue weighted by molar-refractivity contribution is 0.135. The third kappa shape index (κ3) is 3.95. The van der Waals surface area contributed by atoms with Gasteiger partial charge in [-0.05, 0) is 40.0 Å². The highest BCUT2D eigenvalue weighted by atomic mass is 15.2. The number of hydrogen-bond donors (Lipinski definition) is 1. The molecule has 0 aromatic rings. The second kappa shape index (κ2) is 6.38. The van der Waals surface area contributed by atoms with Crippen molar-refractivity contribution in [1.82, 2.24) is 15.1 Å². The van der Waals surface area contributed by atoms with E-state index in [0.29, 0.717) is 0 Å². The predicted molar refractivity (Wildman–Crippen MR) is 61.7 cm³/mol. The number of nitrogens with zero attached hydrogens (tertiary/aromatic N) is 2. The average Bonchev–Trinajstić information content (AvgIpc) is 2.18. The van der Waals surface area contributed by atoms with Crippen LogP contribution in [-0.4, -0.2) is 62.7 Å². The Bertz CT molecular complexity index is 149. The molecule has 84 valence electrons. The number of nitrogens with one attached hydrogen (secondary N) is 1. The molecule has 0 amide bonds. The highest BCUT2D eigenvalue weighted by Gasteiger charge is 2.20. The minimum atomic E-state index is 0.771. The molecule has 1 fully saturated rings. The van der Waals surface area contributed by atoms with Gasteiger partial charge in [-0.1, -0.05) is 6.92 Å². The Morgan fingerprint density at radius 1 is 1.50 bits per heavy atom. The van der Waals surface area contributed by atoms with E-state index in [-0.39, 0.29) is 0 Å². The van der Waals surface area contributed by atoms with Gasteiger partial charge >= 0.3 is 0 Å². The van der Waals surface area contributed by atoms with Crippen molar-refractivity contribution >= 4 is 0 Å². The fourth-order valence-corrected chi connectivity index (χ4v) is 2.11. The van der Waals surface area contributed by atoms with Gasteiger partial charge in [-0.15, -0.1) is 0 Å². The summed E-state index contributed by atoms with van der Waals surface area (Å²) >= 11 is 0. The maximum absolute atomic E-state index is 3.37. The fraction of sp³-hybridized carbons (Fsp3) is 1.00. The predicted octanol–water partition coefficient (Wildman–Crippen LogP) is 0.622. The molecule has 14 heavy (non-hydrogen) atoms. The number of hydrogen-bond acceptors (Lipinski definition) is 3. The first kappa shape index (κ1) is 12.0. The third-order valence-electron chi connectivity index (χ3n) is 3.11. The Balaban J connectivity index is 2.18. The molecule has 0 aromatic heterocycles. The van der Waals surface area contributed by atoms with Crippen molar-refractivity contribution in [2.75, 3.05) is 46.8 Å². The second-order valence-corrected chi connectivity index (χ2v) is 4.39. The topological polar surface area (TPSA) is 18.5 Å². The van der Waals surface area contributed by atoms with E-state index in [9.17, 15) is 0 Å². The molecule has 1 N–H and O–H groups in total. The van der Waals surface area contributed by atoms with E-state index in [4.69, 9.17) is 0 Å². The summed E-state index contributed by atoms with van der Waals surface area (Å²) < 4.78 is 0. The molecule has 3 nitrogen and oxygen atoms in total. The minimum Gasteiger partial charge on any atom is -0.316 e. The van der Waals surface area contributed by atoms with Gasteiger partial charge in [-0.3, -0.25) is 0 Å². The molecule has 1 heterocycles. The molecule has 1 rings (SSSR count). The first-order valence-electron chi connectivity index (χ1n) is 5.83. The lowest BCUT2D eigenvalue weighted by Crippen LogP contribution is -2.46. The van der Waals surface area contributed by atoms with Crippen molar-refractivity contribution in [2.45, 2.75) is 25.8 Å². The monoisotopic (exact) mass is 199 g/mol. The average molecular weight is 199 g/mol. The van der Waals surface area contributed by atoms with Crippen molar-refractivity contribution in [1.29, 1.82) is 0 Å². The lowest BCUT2D eigenvalue weighted by Gasteiger charge is -2.35. The van der Waals surface area contributed by atoms with Gasteiger partial charge in [0.2, 0.25) is 0 Å². The van der Waals surface area contributed by atoms with Crippen LogP contribution >= 0.6 is 0 Å². The molecule has 1 saturated heterocycles. The summed E-state index contributed by atoms with van der Waals surface area (Å²) in [6.45, 7) is 8.05. The van der Waals surface area contributed by atoms with E-state index in [1.54, 1.807) is 0 Å². The van der Waals surface area contributed by atoms with Gasteiger partial charge in [0.1, 0.15) is 0 Å². The molecule has 1 aliphatic heterocycles. The van der Waals surface area contributed by atoms with E-state index in [0.717, 1.165) is 19.1 Å². The Morgan fingerprint density at radius 3 is 2.93 bits per heavy atom. The molecule has 0 spiro atoms. The molecule has 0 radical (unpaired) electrons. The molecule has 3 heteroatoms. The zero-order valence-electron chi connectivity index (χ0n) is 9.92. The molecule has 0 saturated carbocycles. The Labute approximate surface area is 88.5 Å². The van der Waals surface area contributed by atoms with Crippen LogP contribution in [0.25, 0.3) is 0 Å². The van der Waals surface area contributed by atoms with Crippen LogP contribution in [0.5, 0.6) is 0 Å². The molecule has 1 unspecified atom stereocenters. The summed E-state index contributed by atoms with van der Waals surface area (Å²) in [5, 5.41) is 3.37. The van der Waals surface area contributed by atoms with Crippen LogP contribution < -0.4 is 5.32 Å². The number of likely N-dealkylation sites (N-methyl/N-ethyl adjacent to an activating group) is 3. The zero-order chi connectivity index (χ0) is 10.4. The summed E-state index contributed by atoms with van der Waals surface area (Å²) in [6, 6.07) is 0.771. The Kier molecular flexibility index (Phi) is 5.45. The van der Waals surface area contributed by atoms with Gasteiger partial charge in [-0.25, -0.2) is 0 Å². The van der Waals surface area contributed by atoms with E-state index in [1.165, 1.54) is 32.5 Å². The largest absolute Gasteiger partial charge is 0.316 e. The Hall–Kier alpha value is -0.120. The molecule has 1 aliphatic rings. The number of rotatable bonds is 5. The number of likely N-dealkylation sites (tertiary alicyclic amines) is 1. The van der Waals surface area contributed by atoms with Crippen LogP contribution in [0.3, 0.4) is 0 Å². The summed E-state index contributed by atoms with van der Waals surface area (Å²) in [5.74, 6) is 0. The SMILES string of the molecule is CCNCCN(C)C1CCCN(C)C1. The standard InChI is InChI=1S/C11H25N3/c1-4-12-7-9-14(3)11-6-5-8-13(2)10-11/h11-12H,4-10H2,1-3H3. The molecular weight excluding hydrogens is 174 g/mol. The maximum atomic E-state index is 3.37. The van der Waals surface area contributed by atoms with Gasteiger partial charge in [0.25, 0.3) is 0 Å². The van der Waals surface area contributed by atoms with Crippen LogP contribution in [0.2, 0.25) is 0 Å². The van der Waals surface area contributed by atoms with E-state index >= 15 is 0 Å². The quantitative estimate of drug-likeness (QED) is 0.655. The molecule has 0 bridgehead atoms. The van der Waals surface area contributed by atoms with Gasteiger partial charge in [-0.2, -0.15) is 0 Å². The van der Waals surface area contributed by atoms with Gasteiger partial charge in [0.15, 0.2) is 0 Å². The smallest absolute Gasteiger partial charge is 0.0221 e. The van der Waals surface area contributed by atoms with Gasteiger partial charge in [0.05, 0.1) is 0 Å². The first-order valence-corrected chi connectivity index (χ1v) is 5.83. The van der Waals surface area contributed by atoms with E-state index in [2.05, 4.69) is 36.1 Å². The normalized spacial score (nSPS) is 24.4. The highest BCUT2D eigenvalue weighted by Crippen LogP contribution is 2.12. The fourth-order valence-electron chi connectivity index (χ4n) is 2.11. The zero-order valence-corrected chi connectivity index (χ0v) is 9.92. The number of piperidine rings is 1. The van der Waals surface area contributed by atoms with Crippen LogP contribution in [0, 0.1) is 0 Å². The van der Waals surface area contributed by atoms with Crippen LogP contribution in [0.4, 0.5) is 0 Å². The van der Waals surface area contributed by atoms with Gasteiger partial charge in [0, 0.05) is 25.7 Å². The van der Waals surface area contributed by atoms with Crippen LogP contribution in [0.15, 0.2) is 0 Å². The van der Waals surface area contributed by atoms with Crippen molar-refractivity contribution in [3.05, 3.63) is 0 Å². The molecule has 0 aliphatic carbocycles. The third-order valence-corrected chi connectivity index (χ3v) is 3.11. The molecule has 0 aromatic carbocycles. The van der Waals surface area contributed by atoms with Gasteiger partial charge < -0.3 is 15.1 Å². The Morgan fingerprint density at radius 2 is 2.29 bits per heavy atom. The second-order valence-electron chi connectivity index (χ2n) is 4.39. The molecular formula is C11H25N3. The highest BCUT2D eigenvalue weighted by molar-refractivity contribution is 4.77. The summed E-state index contributed by atoms with van der Waals surface area (Å²) in [7, 11) is 4.48. The van der Waals surface area contributed by atoms with Crippen LogP contribution in [0.1, 0.15) is 19.8 Å². The van der Waals surface area contributed by atoms with E-state index in [1.807, 2.05) is 0 Å². The van der Waals surface area contributed by atoms with Crippen molar-refractivity contribution in [3.8, 4) is 0 Å². The summed E-state index contributed by atoms with van der Waals surface area (Å²) in [4.78, 5) is 4.94. The van der Waals surface area contributed by atoms with Crippen molar-refractivity contribution < 1.29 is 0 Å². The first-order chi connectivity index (χ1) is 6.74. The molecule has 1 atom stereocenters. The van der Waals surface area contributed by atoms with Crippen molar-refractivity contribution in [2.24, 2.45) is 0 Å². The minimum absolute atomic E-state index is 0.771. The van der Waals surface area contributed by atoms with E-state index < -0.39 is 0 Å². The summed E-state index contributed by atoms with van der Waals surface area (Å²) in [6.07, 6.45) is 2.72. The summed E-state index contributed by atoms with van der Waals surface area (Å²) in [5.41, 5.74) is 0. The lowest BCUT2D eigenvalue weighted by atomic mass is 10.1.